The monoisotopic (exact) mass is 484 g/mol. The first-order valence-electron chi connectivity index (χ1n) is 9.37. The fourth-order valence-corrected chi connectivity index (χ4v) is 3.24. The van der Waals surface area contributed by atoms with E-state index in [1.807, 2.05) is 0 Å². The summed E-state index contributed by atoms with van der Waals surface area (Å²) < 4.78 is 11.5. The zero-order valence-corrected chi connectivity index (χ0v) is 20.5. The molecule has 1 aliphatic heterocycles. The molecule has 0 aliphatic carbocycles. The lowest BCUT2D eigenvalue weighted by Crippen LogP contribution is -2.59. The summed E-state index contributed by atoms with van der Waals surface area (Å²) in [6, 6.07) is 0. The summed E-state index contributed by atoms with van der Waals surface area (Å²) in [5.41, 5.74) is 0.106. The van der Waals surface area contributed by atoms with Crippen LogP contribution >= 0.6 is 24.0 Å². The van der Waals surface area contributed by atoms with Crippen molar-refractivity contribution in [1.29, 1.82) is 0 Å². The average Bonchev–Trinajstić information content (AvgIpc) is 2.48. The fraction of sp³-hybridized carbons (Fsp3) is 0.947. The molecule has 0 saturated carbocycles. The van der Waals surface area contributed by atoms with Gasteiger partial charge in [-0.05, 0) is 33.1 Å². The zero-order valence-electron chi connectivity index (χ0n) is 18.2. The van der Waals surface area contributed by atoms with Gasteiger partial charge in [0.25, 0.3) is 0 Å². The second-order valence-electron chi connectivity index (χ2n) is 8.87. The number of guanidine groups is 1. The maximum atomic E-state index is 5.86. The summed E-state index contributed by atoms with van der Waals surface area (Å²) in [6.45, 7) is 18.8. The molecule has 0 radical (unpaired) electrons. The van der Waals surface area contributed by atoms with Crippen LogP contribution in [0, 0.1) is 5.41 Å². The Morgan fingerprint density at radius 3 is 2.12 bits per heavy atom. The van der Waals surface area contributed by atoms with E-state index in [1.54, 1.807) is 14.2 Å². The summed E-state index contributed by atoms with van der Waals surface area (Å²) >= 11 is 0. The number of ether oxygens (including phenoxy) is 2. The second kappa shape index (κ2) is 11.0. The predicted octanol–water partition coefficient (Wildman–Crippen LogP) is 2.72. The van der Waals surface area contributed by atoms with Crippen LogP contribution < -0.4 is 10.6 Å². The highest BCUT2D eigenvalue weighted by Crippen LogP contribution is 2.22. The molecule has 26 heavy (non-hydrogen) atoms. The van der Waals surface area contributed by atoms with Gasteiger partial charge >= 0.3 is 0 Å². The van der Waals surface area contributed by atoms with Crippen molar-refractivity contribution >= 4 is 29.9 Å². The molecule has 156 valence electrons. The average molecular weight is 484 g/mol. The Morgan fingerprint density at radius 1 is 1.15 bits per heavy atom. The Balaban J connectivity index is 0.00000625. The summed E-state index contributed by atoms with van der Waals surface area (Å²) in [5.74, 6) is 0.814. The Labute approximate surface area is 177 Å². The van der Waals surface area contributed by atoms with Gasteiger partial charge < -0.3 is 20.1 Å². The number of rotatable bonds is 6. The molecule has 0 aromatic carbocycles. The van der Waals surface area contributed by atoms with E-state index < -0.39 is 0 Å². The van der Waals surface area contributed by atoms with Crippen molar-refractivity contribution in [2.75, 3.05) is 40.3 Å². The van der Waals surface area contributed by atoms with E-state index in [-0.39, 0.29) is 53.2 Å². The van der Waals surface area contributed by atoms with Gasteiger partial charge in [-0.25, -0.2) is 0 Å². The van der Waals surface area contributed by atoms with E-state index in [4.69, 9.17) is 9.47 Å². The minimum absolute atomic E-state index is 0. The first kappa shape index (κ1) is 25.9. The molecule has 0 bridgehead atoms. The van der Waals surface area contributed by atoms with Crippen LogP contribution in [-0.2, 0) is 9.47 Å². The number of methoxy groups -OCH3 is 1. The molecular weight excluding hydrogens is 443 g/mol. The number of aliphatic imine (C=N–C) groups is 1. The fourth-order valence-electron chi connectivity index (χ4n) is 3.24. The Hall–Kier alpha value is -0.120. The molecular formula is C19H41IN4O2. The van der Waals surface area contributed by atoms with Crippen molar-refractivity contribution in [2.45, 2.75) is 72.3 Å². The number of nitrogens with one attached hydrogen (secondary N) is 2. The molecule has 1 saturated heterocycles. The van der Waals surface area contributed by atoms with Crippen molar-refractivity contribution in [3.63, 3.8) is 0 Å². The van der Waals surface area contributed by atoms with Gasteiger partial charge in [-0.2, -0.15) is 0 Å². The second-order valence-corrected chi connectivity index (χ2v) is 8.87. The first-order valence-corrected chi connectivity index (χ1v) is 9.37. The van der Waals surface area contributed by atoms with E-state index >= 15 is 0 Å². The number of halogens is 1. The maximum Gasteiger partial charge on any atom is 0.191 e. The molecule has 0 spiro atoms. The Morgan fingerprint density at radius 2 is 1.69 bits per heavy atom. The molecule has 1 rings (SSSR count). The molecule has 3 atom stereocenters. The molecule has 7 heteroatoms. The predicted molar refractivity (Wildman–Crippen MR) is 121 cm³/mol. The van der Waals surface area contributed by atoms with Crippen LogP contribution in [0.1, 0.15) is 48.5 Å². The third kappa shape index (κ3) is 8.27. The maximum absolute atomic E-state index is 5.86. The van der Waals surface area contributed by atoms with Gasteiger partial charge in [-0.15, -0.1) is 24.0 Å². The molecule has 0 aromatic heterocycles. The van der Waals surface area contributed by atoms with Gasteiger partial charge in [0, 0.05) is 45.9 Å². The summed E-state index contributed by atoms with van der Waals surface area (Å²) in [4.78, 5) is 6.85. The van der Waals surface area contributed by atoms with Crippen molar-refractivity contribution in [2.24, 2.45) is 10.4 Å². The van der Waals surface area contributed by atoms with Crippen LogP contribution in [0.2, 0.25) is 0 Å². The SMILES string of the molecule is CN=C(NCC(OC)C(C)(C)C)NCC(C)(C)N1CC(C)OC(C)C1.I. The smallest absolute Gasteiger partial charge is 0.191 e. The van der Waals surface area contributed by atoms with E-state index in [0.29, 0.717) is 0 Å². The molecule has 0 aromatic rings. The largest absolute Gasteiger partial charge is 0.379 e. The highest BCUT2D eigenvalue weighted by molar-refractivity contribution is 14.0. The standard InChI is InChI=1S/C19H40N4O2.HI/c1-14-11-23(12-15(2)25-14)19(6,7)13-22-17(20-8)21-10-16(24-9)18(3,4)5;/h14-16H,10-13H2,1-9H3,(H2,20,21,22);1H. The zero-order chi connectivity index (χ0) is 19.3. The highest BCUT2D eigenvalue weighted by Gasteiger charge is 2.33. The Bertz CT molecular complexity index is 428. The number of morpholine rings is 1. The van der Waals surface area contributed by atoms with Crippen LogP contribution in [0.4, 0.5) is 0 Å². The van der Waals surface area contributed by atoms with E-state index in [2.05, 4.69) is 69.0 Å². The minimum atomic E-state index is 0. The third-order valence-electron chi connectivity index (χ3n) is 4.89. The van der Waals surface area contributed by atoms with Gasteiger partial charge in [0.2, 0.25) is 0 Å². The van der Waals surface area contributed by atoms with Crippen molar-refractivity contribution in [3.8, 4) is 0 Å². The van der Waals surface area contributed by atoms with E-state index in [9.17, 15) is 0 Å². The lowest BCUT2D eigenvalue weighted by atomic mass is 9.89. The number of hydrogen-bond donors (Lipinski definition) is 2. The molecule has 6 nitrogen and oxygen atoms in total. The molecule has 2 N–H and O–H groups in total. The summed E-state index contributed by atoms with van der Waals surface area (Å²) in [7, 11) is 3.57. The van der Waals surface area contributed by atoms with Gasteiger partial charge in [-0.1, -0.05) is 20.8 Å². The lowest BCUT2D eigenvalue weighted by Gasteiger charge is -2.45. The van der Waals surface area contributed by atoms with Crippen molar-refractivity contribution in [1.82, 2.24) is 15.5 Å². The highest BCUT2D eigenvalue weighted by atomic mass is 127. The quantitative estimate of drug-likeness (QED) is 0.345. The van der Waals surface area contributed by atoms with Crippen molar-refractivity contribution < 1.29 is 9.47 Å². The molecule has 3 unspecified atom stereocenters. The van der Waals surface area contributed by atoms with Gasteiger partial charge in [0.15, 0.2) is 5.96 Å². The summed E-state index contributed by atoms with van der Waals surface area (Å²) in [5, 5.41) is 6.86. The van der Waals surface area contributed by atoms with E-state index in [0.717, 1.165) is 32.1 Å². The number of nitrogens with zero attached hydrogens (tertiary/aromatic N) is 2. The van der Waals surface area contributed by atoms with Gasteiger partial charge in [0.1, 0.15) is 0 Å². The molecule has 1 fully saturated rings. The molecule has 1 aliphatic rings. The van der Waals surface area contributed by atoms with Crippen LogP contribution in [-0.4, -0.2) is 75.0 Å². The van der Waals surface area contributed by atoms with E-state index in [1.165, 1.54) is 0 Å². The summed E-state index contributed by atoms with van der Waals surface area (Å²) in [6.07, 6.45) is 0.671. The normalized spacial score (nSPS) is 24.0. The minimum Gasteiger partial charge on any atom is -0.379 e. The first-order chi connectivity index (χ1) is 11.5. The lowest BCUT2D eigenvalue weighted by molar-refractivity contribution is -0.0946. The Kier molecular flexibility index (Phi) is 11.0. The van der Waals surface area contributed by atoms with Crippen LogP contribution in [0.5, 0.6) is 0 Å². The topological polar surface area (TPSA) is 58.1 Å². The van der Waals surface area contributed by atoms with Crippen LogP contribution in [0.15, 0.2) is 4.99 Å². The van der Waals surface area contributed by atoms with Crippen LogP contribution in [0.3, 0.4) is 0 Å². The number of hydrogen-bond acceptors (Lipinski definition) is 4. The van der Waals surface area contributed by atoms with Gasteiger partial charge in [-0.3, -0.25) is 9.89 Å². The van der Waals surface area contributed by atoms with Gasteiger partial charge in [0.05, 0.1) is 18.3 Å². The van der Waals surface area contributed by atoms with Crippen molar-refractivity contribution in [3.05, 3.63) is 0 Å². The molecule has 0 amide bonds. The molecule has 1 heterocycles. The third-order valence-corrected chi connectivity index (χ3v) is 4.89. The van der Waals surface area contributed by atoms with Crippen LogP contribution in [0.25, 0.3) is 0 Å².